The number of hydrogen-bond acceptors (Lipinski definition) is 4. The zero-order valence-corrected chi connectivity index (χ0v) is 11.5. The minimum Gasteiger partial charge on any atom is -0.371 e. The first-order valence-corrected chi connectivity index (χ1v) is 6.56. The SMILES string of the molecule is N#Cc1cccnc1NC(=O)COCCc1ccccc1. The van der Waals surface area contributed by atoms with E-state index in [0.717, 1.165) is 12.0 Å². The van der Waals surface area contributed by atoms with Crippen LogP contribution in [0.2, 0.25) is 0 Å². The molecule has 0 aliphatic heterocycles. The summed E-state index contributed by atoms with van der Waals surface area (Å²) in [5, 5.41) is 11.5. The Bertz CT molecular complexity index is 635. The van der Waals surface area contributed by atoms with Crippen LogP contribution in [-0.2, 0) is 16.0 Å². The molecule has 1 aromatic heterocycles. The Labute approximate surface area is 123 Å². The minimum absolute atomic E-state index is 0.0612. The maximum Gasteiger partial charge on any atom is 0.251 e. The van der Waals surface area contributed by atoms with E-state index >= 15 is 0 Å². The van der Waals surface area contributed by atoms with Crippen LogP contribution in [0.3, 0.4) is 0 Å². The highest BCUT2D eigenvalue weighted by atomic mass is 16.5. The second-order valence-corrected chi connectivity index (χ2v) is 4.35. The molecule has 21 heavy (non-hydrogen) atoms. The Morgan fingerprint density at radius 2 is 2.05 bits per heavy atom. The van der Waals surface area contributed by atoms with E-state index in [1.165, 1.54) is 6.20 Å². The summed E-state index contributed by atoms with van der Waals surface area (Å²) in [5.41, 5.74) is 1.49. The molecule has 0 atom stereocenters. The zero-order chi connectivity index (χ0) is 14.9. The first-order valence-electron chi connectivity index (χ1n) is 6.56. The van der Waals surface area contributed by atoms with Crippen LogP contribution in [0.4, 0.5) is 5.82 Å². The van der Waals surface area contributed by atoms with Crippen molar-refractivity contribution < 1.29 is 9.53 Å². The third-order valence-electron chi connectivity index (χ3n) is 2.80. The predicted octanol–water partition coefficient (Wildman–Crippen LogP) is 2.15. The lowest BCUT2D eigenvalue weighted by atomic mass is 10.2. The Morgan fingerprint density at radius 3 is 2.81 bits per heavy atom. The maximum absolute atomic E-state index is 11.7. The number of benzene rings is 1. The number of nitrogens with zero attached hydrogens (tertiary/aromatic N) is 2. The lowest BCUT2D eigenvalue weighted by Crippen LogP contribution is -2.20. The lowest BCUT2D eigenvalue weighted by molar-refractivity contribution is -0.120. The molecule has 1 amide bonds. The van der Waals surface area contributed by atoms with Crippen LogP contribution in [0.1, 0.15) is 11.1 Å². The lowest BCUT2D eigenvalue weighted by Gasteiger charge is -2.06. The van der Waals surface area contributed by atoms with Gasteiger partial charge >= 0.3 is 0 Å². The predicted molar refractivity (Wildman–Crippen MR) is 78.5 cm³/mol. The molecule has 106 valence electrons. The molecule has 0 aliphatic rings. The largest absolute Gasteiger partial charge is 0.371 e. The average Bonchev–Trinajstić information content (AvgIpc) is 2.53. The van der Waals surface area contributed by atoms with Gasteiger partial charge in [-0.3, -0.25) is 4.79 Å². The van der Waals surface area contributed by atoms with E-state index in [1.807, 2.05) is 36.4 Å². The highest BCUT2D eigenvalue weighted by Crippen LogP contribution is 2.09. The first kappa shape index (κ1) is 14.7. The standard InChI is InChI=1S/C16H15N3O2/c17-11-14-7-4-9-18-16(14)19-15(20)12-21-10-8-13-5-2-1-3-6-13/h1-7,9H,8,10,12H2,(H,18,19,20). The van der Waals surface area contributed by atoms with E-state index in [4.69, 9.17) is 10.00 Å². The van der Waals surface area contributed by atoms with Gasteiger partial charge in [-0.1, -0.05) is 30.3 Å². The van der Waals surface area contributed by atoms with E-state index in [2.05, 4.69) is 10.3 Å². The van der Waals surface area contributed by atoms with Crippen LogP contribution < -0.4 is 5.32 Å². The van der Waals surface area contributed by atoms with Gasteiger partial charge in [0.1, 0.15) is 12.7 Å². The molecule has 1 aromatic carbocycles. The first-order chi connectivity index (χ1) is 10.3. The highest BCUT2D eigenvalue weighted by molar-refractivity contribution is 5.91. The number of pyridine rings is 1. The monoisotopic (exact) mass is 281 g/mol. The van der Waals surface area contributed by atoms with E-state index in [9.17, 15) is 4.79 Å². The van der Waals surface area contributed by atoms with Crippen molar-refractivity contribution in [1.82, 2.24) is 4.98 Å². The Kier molecular flexibility index (Phi) is 5.44. The van der Waals surface area contributed by atoms with Gasteiger partial charge in [0.15, 0.2) is 5.82 Å². The summed E-state index contributed by atoms with van der Waals surface area (Å²) in [4.78, 5) is 15.7. The van der Waals surface area contributed by atoms with Gasteiger partial charge in [0.25, 0.3) is 5.91 Å². The molecule has 1 N–H and O–H groups in total. The Hall–Kier alpha value is -2.71. The molecule has 2 rings (SSSR count). The van der Waals surface area contributed by atoms with E-state index in [0.29, 0.717) is 12.2 Å². The van der Waals surface area contributed by atoms with Gasteiger partial charge < -0.3 is 10.1 Å². The smallest absolute Gasteiger partial charge is 0.251 e. The van der Waals surface area contributed by atoms with Gasteiger partial charge in [-0.25, -0.2) is 4.98 Å². The van der Waals surface area contributed by atoms with E-state index < -0.39 is 0 Å². The van der Waals surface area contributed by atoms with Gasteiger partial charge in [0.05, 0.1) is 12.2 Å². The minimum atomic E-state index is -0.321. The van der Waals surface area contributed by atoms with Gasteiger partial charge in [-0.2, -0.15) is 5.26 Å². The summed E-state index contributed by atoms with van der Waals surface area (Å²) >= 11 is 0. The molecule has 2 aromatic rings. The highest BCUT2D eigenvalue weighted by Gasteiger charge is 2.07. The number of nitrogens with one attached hydrogen (secondary N) is 1. The third-order valence-corrected chi connectivity index (χ3v) is 2.80. The van der Waals surface area contributed by atoms with Gasteiger partial charge in [-0.15, -0.1) is 0 Å². The number of anilines is 1. The fourth-order valence-corrected chi connectivity index (χ4v) is 1.76. The summed E-state index contributed by atoms with van der Waals surface area (Å²) in [6.07, 6.45) is 2.27. The van der Waals surface area contributed by atoms with Crippen LogP contribution in [0.15, 0.2) is 48.7 Å². The molecule has 5 heteroatoms. The maximum atomic E-state index is 11.7. The fraction of sp³-hybridized carbons (Fsp3) is 0.188. The van der Waals surface area contributed by atoms with Crippen molar-refractivity contribution in [3.8, 4) is 6.07 Å². The fourth-order valence-electron chi connectivity index (χ4n) is 1.76. The summed E-state index contributed by atoms with van der Waals surface area (Å²) in [7, 11) is 0. The number of aromatic nitrogens is 1. The molecule has 5 nitrogen and oxygen atoms in total. The second-order valence-electron chi connectivity index (χ2n) is 4.35. The van der Waals surface area contributed by atoms with Crippen LogP contribution in [0.25, 0.3) is 0 Å². The van der Waals surface area contributed by atoms with E-state index in [1.54, 1.807) is 12.1 Å². The summed E-state index contributed by atoms with van der Waals surface area (Å²) in [5.74, 6) is -0.0603. The van der Waals surface area contributed by atoms with Crippen molar-refractivity contribution in [3.05, 3.63) is 59.8 Å². The van der Waals surface area contributed by atoms with Crippen LogP contribution in [0.5, 0.6) is 0 Å². The molecular weight excluding hydrogens is 266 g/mol. The number of ether oxygens (including phenoxy) is 1. The molecule has 0 unspecified atom stereocenters. The van der Waals surface area contributed by atoms with Crippen molar-refractivity contribution in [2.24, 2.45) is 0 Å². The number of nitriles is 1. The number of carbonyl (C=O) groups excluding carboxylic acids is 1. The second kappa shape index (κ2) is 7.78. The summed E-state index contributed by atoms with van der Waals surface area (Å²) < 4.78 is 5.32. The molecule has 0 spiro atoms. The quantitative estimate of drug-likeness (QED) is 0.823. The number of amides is 1. The molecule has 0 saturated carbocycles. The van der Waals surface area contributed by atoms with Crippen molar-refractivity contribution >= 4 is 11.7 Å². The molecular formula is C16H15N3O2. The van der Waals surface area contributed by atoms with Crippen LogP contribution in [-0.4, -0.2) is 24.1 Å². The summed E-state index contributed by atoms with van der Waals surface area (Å²) in [6.45, 7) is 0.402. The van der Waals surface area contributed by atoms with E-state index in [-0.39, 0.29) is 18.3 Å². The third kappa shape index (κ3) is 4.71. The van der Waals surface area contributed by atoms with Gasteiger partial charge in [-0.05, 0) is 24.1 Å². The Morgan fingerprint density at radius 1 is 1.24 bits per heavy atom. The molecule has 0 aliphatic carbocycles. The van der Waals surface area contributed by atoms with Crippen molar-refractivity contribution in [2.45, 2.75) is 6.42 Å². The Balaban J connectivity index is 1.74. The number of carbonyl (C=O) groups is 1. The topological polar surface area (TPSA) is 75.0 Å². The van der Waals surface area contributed by atoms with Crippen molar-refractivity contribution in [1.29, 1.82) is 5.26 Å². The molecule has 1 heterocycles. The molecule has 0 bridgehead atoms. The van der Waals surface area contributed by atoms with Gasteiger partial charge in [0, 0.05) is 6.20 Å². The zero-order valence-electron chi connectivity index (χ0n) is 11.5. The normalized spacial score (nSPS) is 9.86. The van der Waals surface area contributed by atoms with Crippen LogP contribution in [0, 0.1) is 11.3 Å². The molecule has 0 saturated heterocycles. The van der Waals surface area contributed by atoms with Crippen molar-refractivity contribution in [2.75, 3.05) is 18.5 Å². The molecule has 0 radical (unpaired) electrons. The van der Waals surface area contributed by atoms with Crippen molar-refractivity contribution in [3.63, 3.8) is 0 Å². The van der Waals surface area contributed by atoms with Crippen LogP contribution >= 0.6 is 0 Å². The molecule has 0 fully saturated rings. The van der Waals surface area contributed by atoms with Gasteiger partial charge in [0.2, 0.25) is 0 Å². The average molecular weight is 281 g/mol. The summed E-state index contributed by atoms with van der Waals surface area (Å²) in [6, 6.07) is 15.1. The number of rotatable bonds is 6. The number of hydrogen-bond donors (Lipinski definition) is 1.